The Labute approximate surface area is 153 Å². The van der Waals surface area contributed by atoms with Gasteiger partial charge in [-0.2, -0.15) is 13.2 Å². The summed E-state index contributed by atoms with van der Waals surface area (Å²) in [4.78, 5) is 21.1. The first-order chi connectivity index (χ1) is 12.9. The maximum atomic E-state index is 13.0. The number of ether oxygens (including phenoxy) is 1. The maximum absolute atomic E-state index is 13.0. The van der Waals surface area contributed by atoms with Gasteiger partial charge < -0.3 is 10.1 Å². The summed E-state index contributed by atoms with van der Waals surface area (Å²) < 4.78 is 44.8. The molecule has 1 aromatic carbocycles. The van der Waals surface area contributed by atoms with Gasteiger partial charge in [0.1, 0.15) is 6.33 Å². The molecule has 3 aliphatic rings. The SMILES string of the molecule is O=C(Nc1cccc(C(F)(F)F)c1)[C@@H]1[C@@H]2O[C@@H]([C@H]3C[C@H]32)[C@@H]1c1cncnc1. The van der Waals surface area contributed by atoms with Crippen molar-refractivity contribution in [2.24, 2.45) is 17.8 Å². The van der Waals surface area contributed by atoms with E-state index in [4.69, 9.17) is 4.74 Å². The first kappa shape index (κ1) is 16.7. The van der Waals surface area contributed by atoms with Gasteiger partial charge >= 0.3 is 6.18 Å². The summed E-state index contributed by atoms with van der Waals surface area (Å²) in [7, 11) is 0. The van der Waals surface area contributed by atoms with Gasteiger partial charge in [0.2, 0.25) is 5.91 Å². The Morgan fingerprint density at radius 2 is 1.89 bits per heavy atom. The molecular weight excluding hydrogens is 359 g/mol. The molecule has 0 spiro atoms. The molecule has 2 aromatic rings. The Balaban J connectivity index is 1.42. The first-order valence-corrected chi connectivity index (χ1v) is 8.82. The van der Waals surface area contributed by atoms with Crippen molar-refractivity contribution in [1.82, 2.24) is 9.97 Å². The summed E-state index contributed by atoms with van der Waals surface area (Å²) in [5.74, 6) is -0.128. The van der Waals surface area contributed by atoms with Gasteiger partial charge in [0.05, 0.1) is 23.7 Å². The van der Waals surface area contributed by atoms with Gasteiger partial charge in [0.25, 0.3) is 0 Å². The van der Waals surface area contributed by atoms with Gasteiger partial charge in [0, 0.05) is 24.0 Å². The standard InChI is InChI=1S/C19H16F3N3O2/c20-19(21,22)10-2-1-3-11(4-10)25-18(26)15-14(9-6-23-8-24-7-9)16-12-5-13(12)17(15)27-16/h1-4,6-8,12-17H,5H2,(H,25,26)/t12-,13+,14+,15-,16-,17+/m0/s1. The van der Waals surface area contributed by atoms with E-state index in [0.717, 1.165) is 24.1 Å². The molecule has 1 amide bonds. The van der Waals surface area contributed by atoms with Crippen LogP contribution >= 0.6 is 0 Å². The Bertz CT molecular complexity index is 889. The van der Waals surface area contributed by atoms with Crippen LogP contribution in [0.4, 0.5) is 18.9 Å². The van der Waals surface area contributed by atoms with Crippen molar-refractivity contribution in [3.8, 4) is 0 Å². The van der Waals surface area contributed by atoms with Gasteiger partial charge in [-0.05, 0) is 42.0 Å². The lowest BCUT2D eigenvalue weighted by Gasteiger charge is -2.26. The highest BCUT2D eigenvalue weighted by molar-refractivity contribution is 5.94. The van der Waals surface area contributed by atoms with Crippen molar-refractivity contribution >= 4 is 11.6 Å². The predicted molar refractivity (Wildman–Crippen MR) is 88.6 cm³/mol. The number of rotatable bonds is 3. The van der Waals surface area contributed by atoms with Crippen LogP contribution in [0.3, 0.4) is 0 Å². The number of amides is 1. The zero-order valence-electron chi connectivity index (χ0n) is 14.1. The number of benzene rings is 1. The monoisotopic (exact) mass is 375 g/mol. The largest absolute Gasteiger partial charge is 0.416 e. The van der Waals surface area contributed by atoms with E-state index in [1.807, 2.05) is 0 Å². The number of carbonyl (C=O) groups is 1. The molecule has 2 saturated heterocycles. The van der Waals surface area contributed by atoms with E-state index in [0.29, 0.717) is 11.8 Å². The highest BCUT2D eigenvalue weighted by atomic mass is 19.4. The second-order valence-corrected chi connectivity index (χ2v) is 7.42. The number of hydrogen-bond acceptors (Lipinski definition) is 4. The molecule has 5 rings (SSSR count). The smallest absolute Gasteiger partial charge is 0.373 e. The molecule has 1 N–H and O–H groups in total. The minimum atomic E-state index is -4.46. The molecule has 3 fully saturated rings. The lowest BCUT2D eigenvalue weighted by atomic mass is 9.75. The van der Waals surface area contributed by atoms with Crippen LogP contribution in [0.1, 0.15) is 23.5 Å². The molecule has 3 heterocycles. The fourth-order valence-corrected chi connectivity index (χ4v) is 4.68. The number of anilines is 1. The van der Waals surface area contributed by atoms with Gasteiger partial charge in [-0.15, -0.1) is 0 Å². The van der Waals surface area contributed by atoms with E-state index < -0.39 is 17.7 Å². The fraction of sp³-hybridized carbons (Fsp3) is 0.421. The van der Waals surface area contributed by atoms with Crippen molar-refractivity contribution in [2.75, 3.05) is 5.32 Å². The zero-order valence-corrected chi connectivity index (χ0v) is 14.1. The molecule has 2 bridgehead atoms. The lowest BCUT2D eigenvalue weighted by molar-refractivity contribution is -0.137. The number of alkyl halides is 3. The number of nitrogens with one attached hydrogen (secondary N) is 1. The minimum Gasteiger partial charge on any atom is -0.373 e. The molecule has 27 heavy (non-hydrogen) atoms. The predicted octanol–water partition coefficient (Wildman–Crippen LogP) is 3.25. The molecule has 1 saturated carbocycles. The van der Waals surface area contributed by atoms with Crippen LogP contribution in [0.2, 0.25) is 0 Å². The summed E-state index contributed by atoms with van der Waals surface area (Å²) in [5.41, 5.74) is 0.173. The molecule has 1 aromatic heterocycles. The normalized spacial score (nSPS) is 33.6. The van der Waals surface area contributed by atoms with Gasteiger partial charge in [-0.1, -0.05) is 6.07 Å². The maximum Gasteiger partial charge on any atom is 0.416 e. The summed E-state index contributed by atoms with van der Waals surface area (Å²) in [5, 5.41) is 2.66. The van der Waals surface area contributed by atoms with Crippen LogP contribution in [0.5, 0.6) is 0 Å². The Morgan fingerprint density at radius 1 is 1.15 bits per heavy atom. The van der Waals surface area contributed by atoms with E-state index in [1.54, 1.807) is 12.4 Å². The van der Waals surface area contributed by atoms with Gasteiger partial charge in [0.15, 0.2) is 0 Å². The van der Waals surface area contributed by atoms with Crippen LogP contribution < -0.4 is 5.32 Å². The number of halogens is 3. The Morgan fingerprint density at radius 3 is 2.63 bits per heavy atom. The number of hydrogen-bond donors (Lipinski definition) is 1. The topological polar surface area (TPSA) is 64.1 Å². The minimum absolute atomic E-state index is 0.0525. The number of nitrogens with zero attached hydrogens (tertiary/aromatic N) is 2. The summed E-state index contributed by atoms with van der Waals surface area (Å²) in [6.45, 7) is 0. The molecule has 2 aliphatic heterocycles. The molecule has 0 unspecified atom stereocenters. The second kappa shape index (κ2) is 5.76. The van der Waals surface area contributed by atoms with E-state index in [2.05, 4.69) is 15.3 Å². The zero-order chi connectivity index (χ0) is 18.8. The average molecular weight is 375 g/mol. The molecule has 8 heteroatoms. The van der Waals surface area contributed by atoms with Crippen molar-refractivity contribution in [1.29, 1.82) is 0 Å². The third kappa shape index (κ3) is 2.70. The van der Waals surface area contributed by atoms with Crippen LogP contribution in [-0.2, 0) is 15.7 Å². The quantitative estimate of drug-likeness (QED) is 0.895. The van der Waals surface area contributed by atoms with E-state index in [-0.39, 0.29) is 29.7 Å². The number of aromatic nitrogens is 2. The van der Waals surface area contributed by atoms with E-state index in [9.17, 15) is 18.0 Å². The first-order valence-electron chi connectivity index (χ1n) is 8.82. The number of carbonyl (C=O) groups excluding carboxylic acids is 1. The van der Waals surface area contributed by atoms with E-state index >= 15 is 0 Å². The van der Waals surface area contributed by atoms with Gasteiger partial charge in [-0.3, -0.25) is 4.79 Å². The summed E-state index contributed by atoms with van der Waals surface area (Å²) in [6, 6.07) is 4.68. The average Bonchev–Trinajstić information content (AvgIpc) is 3.26. The molecular formula is C19H16F3N3O2. The molecule has 1 aliphatic carbocycles. The van der Waals surface area contributed by atoms with Crippen LogP contribution in [0.15, 0.2) is 43.0 Å². The van der Waals surface area contributed by atoms with Crippen molar-refractivity contribution < 1.29 is 22.7 Å². The highest BCUT2D eigenvalue weighted by Gasteiger charge is 2.68. The fourth-order valence-electron chi connectivity index (χ4n) is 4.68. The van der Waals surface area contributed by atoms with Crippen LogP contribution in [0.25, 0.3) is 0 Å². The Hall–Kier alpha value is -2.48. The molecule has 5 nitrogen and oxygen atoms in total. The van der Waals surface area contributed by atoms with Crippen LogP contribution in [-0.4, -0.2) is 28.1 Å². The molecule has 0 radical (unpaired) electrons. The Kier molecular flexibility index (Phi) is 3.56. The van der Waals surface area contributed by atoms with E-state index in [1.165, 1.54) is 18.5 Å². The van der Waals surface area contributed by atoms with Crippen molar-refractivity contribution in [2.45, 2.75) is 30.7 Å². The second-order valence-electron chi connectivity index (χ2n) is 7.42. The number of fused-ring (bicyclic) bond motifs is 5. The van der Waals surface area contributed by atoms with Crippen LogP contribution in [0, 0.1) is 17.8 Å². The lowest BCUT2D eigenvalue weighted by Crippen LogP contribution is -2.37. The third-order valence-electron chi connectivity index (χ3n) is 5.87. The molecule has 6 atom stereocenters. The van der Waals surface area contributed by atoms with Gasteiger partial charge in [-0.25, -0.2) is 9.97 Å². The van der Waals surface area contributed by atoms with Crippen molar-refractivity contribution in [3.63, 3.8) is 0 Å². The molecule has 140 valence electrons. The summed E-state index contributed by atoms with van der Waals surface area (Å²) >= 11 is 0. The van der Waals surface area contributed by atoms with Crippen molar-refractivity contribution in [3.05, 3.63) is 54.1 Å². The summed E-state index contributed by atoms with van der Waals surface area (Å²) in [6.07, 6.45) is 1.12. The highest BCUT2D eigenvalue weighted by Crippen LogP contribution is 2.65. The third-order valence-corrected chi connectivity index (χ3v) is 5.87.